The predicted molar refractivity (Wildman–Crippen MR) is 64.6 cm³/mol. The zero-order valence-electron chi connectivity index (χ0n) is 10.2. The van der Waals surface area contributed by atoms with Crippen LogP contribution in [0, 0.1) is 0 Å². The molecule has 0 bridgehead atoms. The fraction of sp³-hybridized carbons (Fsp3) is 1.00. The van der Waals surface area contributed by atoms with E-state index in [4.69, 9.17) is 0 Å². The maximum absolute atomic E-state index is 3.57. The van der Waals surface area contributed by atoms with Crippen LogP contribution >= 0.6 is 11.8 Å². The molecule has 0 aromatic rings. The van der Waals surface area contributed by atoms with Crippen molar-refractivity contribution in [2.24, 2.45) is 0 Å². The number of rotatable bonds is 3. The topological polar surface area (TPSA) is 12.0 Å². The van der Waals surface area contributed by atoms with Crippen LogP contribution in [0.15, 0.2) is 0 Å². The summed E-state index contributed by atoms with van der Waals surface area (Å²) < 4.78 is 0.383. The van der Waals surface area contributed by atoms with E-state index in [1.165, 1.54) is 5.75 Å². The van der Waals surface area contributed by atoms with Gasteiger partial charge >= 0.3 is 0 Å². The fourth-order valence-corrected chi connectivity index (χ4v) is 1.99. The summed E-state index contributed by atoms with van der Waals surface area (Å²) in [6.07, 6.45) is 0. The van der Waals surface area contributed by atoms with Crippen LogP contribution < -0.4 is 5.32 Å². The monoisotopic (exact) mass is 203 g/mol. The average Bonchev–Trinajstić information content (AvgIpc) is 1.78. The third kappa shape index (κ3) is 10.2. The first kappa shape index (κ1) is 13.3. The van der Waals surface area contributed by atoms with E-state index in [1.54, 1.807) is 0 Å². The molecule has 0 heterocycles. The summed E-state index contributed by atoms with van der Waals surface area (Å²) in [6.45, 7) is 15.7. The molecular weight excluding hydrogens is 178 g/mol. The first-order valence-corrected chi connectivity index (χ1v) is 6.00. The summed E-state index contributed by atoms with van der Waals surface area (Å²) in [4.78, 5) is 0. The van der Waals surface area contributed by atoms with E-state index in [1.807, 2.05) is 11.8 Å². The molecule has 2 heteroatoms. The Bertz CT molecular complexity index is 141. The van der Waals surface area contributed by atoms with Crippen LogP contribution in [0.5, 0.6) is 0 Å². The van der Waals surface area contributed by atoms with Gasteiger partial charge in [0, 0.05) is 22.1 Å². The van der Waals surface area contributed by atoms with Crippen molar-refractivity contribution >= 4 is 11.8 Å². The van der Waals surface area contributed by atoms with Gasteiger partial charge in [0.15, 0.2) is 0 Å². The fourth-order valence-electron chi connectivity index (χ4n) is 1.16. The van der Waals surface area contributed by atoms with Crippen molar-refractivity contribution in [1.29, 1.82) is 0 Å². The van der Waals surface area contributed by atoms with Crippen molar-refractivity contribution in [2.45, 2.75) is 64.8 Å². The summed E-state index contributed by atoms with van der Waals surface area (Å²) >= 11 is 2.02. The van der Waals surface area contributed by atoms with Crippen molar-refractivity contribution < 1.29 is 0 Å². The number of hydrogen-bond acceptors (Lipinski definition) is 2. The Morgan fingerprint density at radius 2 is 1.54 bits per heavy atom. The van der Waals surface area contributed by atoms with Gasteiger partial charge in [0.05, 0.1) is 0 Å². The lowest BCUT2D eigenvalue weighted by molar-refractivity contribution is 0.389. The van der Waals surface area contributed by atoms with Crippen molar-refractivity contribution in [3.63, 3.8) is 0 Å². The van der Waals surface area contributed by atoms with Crippen LogP contribution in [-0.2, 0) is 0 Å². The van der Waals surface area contributed by atoms with Gasteiger partial charge in [-0.15, -0.1) is 0 Å². The molecule has 0 aromatic heterocycles. The van der Waals surface area contributed by atoms with Crippen LogP contribution in [0.1, 0.15) is 48.5 Å². The molecule has 0 fully saturated rings. The maximum Gasteiger partial charge on any atom is 0.0134 e. The number of thioether (sulfide) groups is 1. The molecule has 1 atom stereocenters. The van der Waals surface area contributed by atoms with Gasteiger partial charge in [-0.2, -0.15) is 11.8 Å². The lowest BCUT2D eigenvalue weighted by Crippen LogP contribution is -2.43. The molecule has 0 amide bonds. The van der Waals surface area contributed by atoms with Gasteiger partial charge in [0.25, 0.3) is 0 Å². The highest BCUT2D eigenvalue weighted by molar-refractivity contribution is 8.00. The molecule has 0 aliphatic rings. The van der Waals surface area contributed by atoms with Gasteiger partial charge in [0.1, 0.15) is 0 Å². The molecule has 0 aliphatic carbocycles. The van der Waals surface area contributed by atoms with Gasteiger partial charge in [-0.05, 0) is 27.7 Å². The smallest absolute Gasteiger partial charge is 0.0134 e. The van der Waals surface area contributed by atoms with Crippen molar-refractivity contribution in [3.05, 3.63) is 0 Å². The molecule has 13 heavy (non-hydrogen) atoms. The molecule has 1 N–H and O–H groups in total. The van der Waals surface area contributed by atoms with Crippen LogP contribution in [0.3, 0.4) is 0 Å². The Morgan fingerprint density at radius 3 is 1.85 bits per heavy atom. The standard InChI is InChI=1S/C11H25NS/c1-9(12-10(2,3)4)8-13-11(5,6)7/h9,12H,8H2,1-7H3. The lowest BCUT2D eigenvalue weighted by atomic mass is 10.1. The highest BCUT2D eigenvalue weighted by atomic mass is 32.2. The van der Waals surface area contributed by atoms with Gasteiger partial charge in [-0.1, -0.05) is 20.8 Å². The third-order valence-electron chi connectivity index (χ3n) is 1.45. The third-order valence-corrected chi connectivity index (χ3v) is 2.98. The summed E-state index contributed by atoms with van der Waals surface area (Å²) in [5, 5.41) is 3.57. The Morgan fingerprint density at radius 1 is 1.08 bits per heavy atom. The minimum Gasteiger partial charge on any atom is -0.309 e. The second-order valence-electron chi connectivity index (χ2n) is 5.72. The van der Waals surface area contributed by atoms with Crippen LogP contribution in [0.4, 0.5) is 0 Å². The number of nitrogens with one attached hydrogen (secondary N) is 1. The van der Waals surface area contributed by atoms with E-state index in [2.05, 4.69) is 53.8 Å². The molecule has 0 saturated heterocycles. The molecule has 1 unspecified atom stereocenters. The molecule has 80 valence electrons. The quantitative estimate of drug-likeness (QED) is 0.755. The van der Waals surface area contributed by atoms with Crippen molar-refractivity contribution in [3.8, 4) is 0 Å². The van der Waals surface area contributed by atoms with Crippen LogP contribution in [-0.4, -0.2) is 22.1 Å². The second kappa shape index (κ2) is 4.70. The molecule has 0 saturated carbocycles. The summed E-state index contributed by atoms with van der Waals surface area (Å²) in [7, 11) is 0. The minimum atomic E-state index is 0.234. The van der Waals surface area contributed by atoms with E-state index in [0.717, 1.165) is 0 Å². The SMILES string of the molecule is CC(CSC(C)(C)C)NC(C)(C)C. The van der Waals surface area contributed by atoms with Crippen molar-refractivity contribution in [1.82, 2.24) is 5.32 Å². The molecular formula is C11H25NS. The summed E-state index contributed by atoms with van der Waals surface area (Å²) in [5.41, 5.74) is 0.234. The largest absolute Gasteiger partial charge is 0.309 e. The van der Waals surface area contributed by atoms with Gasteiger partial charge in [-0.25, -0.2) is 0 Å². The molecule has 0 aromatic carbocycles. The first-order valence-electron chi connectivity index (χ1n) is 5.02. The molecule has 1 nitrogen and oxygen atoms in total. The van der Waals surface area contributed by atoms with Gasteiger partial charge in [0.2, 0.25) is 0 Å². The van der Waals surface area contributed by atoms with E-state index in [9.17, 15) is 0 Å². The normalized spacial score (nSPS) is 15.9. The summed E-state index contributed by atoms with van der Waals surface area (Å²) in [6, 6.07) is 0.587. The maximum atomic E-state index is 3.57. The van der Waals surface area contributed by atoms with Crippen LogP contribution in [0.2, 0.25) is 0 Å². The first-order chi connectivity index (χ1) is 5.60. The Labute approximate surface area is 88.1 Å². The molecule has 0 aliphatic heterocycles. The van der Waals surface area contributed by atoms with Crippen LogP contribution in [0.25, 0.3) is 0 Å². The Kier molecular flexibility index (Phi) is 4.81. The predicted octanol–water partition coefficient (Wildman–Crippen LogP) is 3.29. The molecule has 0 radical (unpaired) electrons. The zero-order valence-corrected chi connectivity index (χ0v) is 11.0. The zero-order chi connectivity index (χ0) is 10.7. The molecule has 0 rings (SSSR count). The second-order valence-corrected chi connectivity index (χ2v) is 7.57. The Hall–Kier alpha value is 0.310. The minimum absolute atomic E-state index is 0.234. The highest BCUT2D eigenvalue weighted by Crippen LogP contribution is 2.23. The van der Waals surface area contributed by atoms with E-state index in [0.29, 0.717) is 10.8 Å². The van der Waals surface area contributed by atoms with Crippen molar-refractivity contribution in [2.75, 3.05) is 5.75 Å². The average molecular weight is 203 g/mol. The summed E-state index contributed by atoms with van der Waals surface area (Å²) in [5.74, 6) is 1.18. The van der Waals surface area contributed by atoms with E-state index in [-0.39, 0.29) is 5.54 Å². The lowest BCUT2D eigenvalue weighted by Gasteiger charge is -2.28. The number of hydrogen-bond donors (Lipinski definition) is 1. The van der Waals surface area contributed by atoms with E-state index < -0.39 is 0 Å². The Balaban J connectivity index is 3.70. The van der Waals surface area contributed by atoms with Gasteiger partial charge < -0.3 is 5.32 Å². The van der Waals surface area contributed by atoms with E-state index >= 15 is 0 Å². The van der Waals surface area contributed by atoms with Gasteiger partial charge in [-0.3, -0.25) is 0 Å². The highest BCUT2D eigenvalue weighted by Gasteiger charge is 2.16. The molecule has 0 spiro atoms.